The molecule has 0 amide bonds. The molecule has 0 radical (unpaired) electrons. The van der Waals surface area contributed by atoms with Crippen molar-refractivity contribution in [2.75, 3.05) is 0 Å². The van der Waals surface area contributed by atoms with Crippen LogP contribution in [0.15, 0.2) is 16.6 Å². The van der Waals surface area contributed by atoms with Gasteiger partial charge in [-0.3, -0.25) is 0 Å². The van der Waals surface area contributed by atoms with E-state index in [1.165, 1.54) is 0 Å². The van der Waals surface area contributed by atoms with Crippen LogP contribution in [0.25, 0.3) is 0 Å². The van der Waals surface area contributed by atoms with Crippen molar-refractivity contribution in [1.82, 2.24) is 0 Å². The lowest BCUT2D eigenvalue weighted by Crippen LogP contribution is -2.01. The predicted octanol–water partition coefficient (Wildman–Crippen LogP) is 3.36. The highest BCUT2D eigenvalue weighted by Crippen LogP contribution is 2.36. The fourth-order valence-corrected chi connectivity index (χ4v) is 2.21. The lowest BCUT2D eigenvalue weighted by atomic mass is 10.1. The van der Waals surface area contributed by atoms with Crippen molar-refractivity contribution < 1.29 is 4.74 Å². The summed E-state index contributed by atoms with van der Waals surface area (Å²) in [6.07, 6.45) is 3.03. The Morgan fingerprint density at radius 3 is 2.87 bits per heavy atom. The normalized spacial score (nSPS) is 14.7. The molecule has 1 aromatic carbocycles. The standard InChI is InChI=1S/C12H12BrNO/c1-8-6-9(4-5-14)12(11(13)7-8)15-10-2-3-10/h6-7,10H,2-4H2,1H3. The summed E-state index contributed by atoms with van der Waals surface area (Å²) in [5.74, 6) is 0.852. The predicted molar refractivity (Wildman–Crippen MR) is 61.8 cm³/mol. The summed E-state index contributed by atoms with van der Waals surface area (Å²) in [4.78, 5) is 0. The second kappa shape index (κ2) is 4.24. The van der Waals surface area contributed by atoms with Crippen LogP contribution < -0.4 is 4.74 Å². The Labute approximate surface area is 98.0 Å². The third-order valence-electron chi connectivity index (χ3n) is 2.34. The molecule has 1 aliphatic carbocycles. The number of hydrogen-bond acceptors (Lipinski definition) is 2. The smallest absolute Gasteiger partial charge is 0.138 e. The first kappa shape index (κ1) is 10.5. The van der Waals surface area contributed by atoms with Crippen molar-refractivity contribution in [1.29, 1.82) is 5.26 Å². The van der Waals surface area contributed by atoms with E-state index >= 15 is 0 Å². The van der Waals surface area contributed by atoms with Crippen molar-refractivity contribution in [3.05, 3.63) is 27.7 Å². The van der Waals surface area contributed by atoms with Crippen LogP contribution in [0.3, 0.4) is 0 Å². The summed E-state index contributed by atoms with van der Waals surface area (Å²) < 4.78 is 6.75. The van der Waals surface area contributed by atoms with Gasteiger partial charge in [-0.1, -0.05) is 6.07 Å². The number of rotatable bonds is 3. The minimum absolute atomic E-state index is 0.362. The number of aryl methyl sites for hydroxylation is 1. The molecule has 0 bridgehead atoms. The molecule has 0 aliphatic heterocycles. The lowest BCUT2D eigenvalue weighted by molar-refractivity contribution is 0.298. The molecule has 1 saturated carbocycles. The van der Waals surface area contributed by atoms with E-state index < -0.39 is 0 Å². The molecule has 0 heterocycles. The maximum atomic E-state index is 8.75. The van der Waals surface area contributed by atoms with Gasteiger partial charge in [-0.05, 0) is 47.3 Å². The molecule has 78 valence electrons. The molecule has 0 atom stereocenters. The van der Waals surface area contributed by atoms with Gasteiger partial charge in [0.2, 0.25) is 0 Å². The first-order chi connectivity index (χ1) is 7.20. The van der Waals surface area contributed by atoms with Crippen LogP contribution in [-0.2, 0) is 6.42 Å². The molecule has 0 aromatic heterocycles. The molecule has 1 aliphatic rings. The van der Waals surface area contributed by atoms with Crippen molar-refractivity contribution in [2.45, 2.75) is 32.3 Å². The maximum absolute atomic E-state index is 8.75. The second-order valence-corrected chi connectivity index (χ2v) is 4.74. The van der Waals surface area contributed by atoms with Gasteiger partial charge in [0.25, 0.3) is 0 Å². The number of halogens is 1. The minimum Gasteiger partial charge on any atom is -0.489 e. The average molecular weight is 266 g/mol. The van der Waals surface area contributed by atoms with Gasteiger partial charge in [0.15, 0.2) is 0 Å². The molecule has 0 unspecified atom stereocenters. The van der Waals surface area contributed by atoms with Crippen LogP contribution in [0.4, 0.5) is 0 Å². The number of benzene rings is 1. The largest absolute Gasteiger partial charge is 0.489 e. The van der Waals surface area contributed by atoms with E-state index in [-0.39, 0.29) is 0 Å². The SMILES string of the molecule is Cc1cc(Br)c(OC2CC2)c(CC#N)c1. The Kier molecular flexibility index (Phi) is 2.97. The zero-order valence-corrected chi connectivity index (χ0v) is 10.2. The zero-order chi connectivity index (χ0) is 10.8. The first-order valence-corrected chi connectivity index (χ1v) is 5.82. The van der Waals surface area contributed by atoms with Gasteiger partial charge in [0.05, 0.1) is 23.1 Å². The van der Waals surface area contributed by atoms with Crippen LogP contribution in [0.1, 0.15) is 24.0 Å². The van der Waals surface area contributed by atoms with E-state index in [0.717, 1.165) is 34.2 Å². The van der Waals surface area contributed by atoms with Gasteiger partial charge in [-0.15, -0.1) is 0 Å². The Bertz CT molecular complexity index is 418. The number of ether oxygens (including phenoxy) is 1. The van der Waals surface area contributed by atoms with E-state index in [9.17, 15) is 0 Å². The molecule has 1 aromatic rings. The quantitative estimate of drug-likeness (QED) is 0.840. The van der Waals surface area contributed by atoms with Crippen LogP contribution >= 0.6 is 15.9 Å². The zero-order valence-electron chi connectivity index (χ0n) is 8.59. The number of nitriles is 1. The fourth-order valence-electron chi connectivity index (χ4n) is 1.50. The van der Waals surface area contributed by atoms with E-state index in [0.29, 0.717) is 12.5 Å². The monoisotopic (exact) mass is 265 g/mol. The number of hydrogen-bond donors (Lipinski definition) is 0. The molecule has 0 N–H and O–H groups in total. The molecule has 1 fully saturated rings. The average Bonchev–Trinajstić information content (AvgIpc) is 2.95. The van der Waals surface area contributed by atoms with Gasteiger partial charge < -0.3 is 4.74 Å². The summed E-state index contributed by atoms with van der Waals surface area (Å²) in [6, 6.07) is 6.22. The molecular formula is C12H12BrNO. The summed E-state index contributed by atoms with van der Waals surface area (Å²) >= 11 is 3.49. The Balaban J connectivity index is 2.34. The van der Waals surface area contributed by atoms with Gasteiger partial charge >= 0.3 is 0 Å². The van der Waals surface area contributed by atoms with Gasteiger partial charge in [-0.25, -0.2) is 0 Å². The van der Waals surface area contributed by atoms with Crippen molar-refractivity contribution in [3.63, 3.8) is 0 Å². The van der Waals surface area contributed by atoms with Crippen molar-refractivity contribution in [3.8, 4) is 11.8 Å². The summed E-state index contributed by atoms with van der Waals surface area (Å²) in [5, 5.41) is 8.75. The highest BCUT2D eigenvalue weighted by molar-refractivity contribution is 9.10. The summed E-state index contributed by atoms with van der Waals surface area (Å²) in [5.41, 5.74) is 2.13. The molecule has 0 saturated heterocycles. The fraction of sp³-hybridized carbons (Fsp3) is 0.417. The molecule has 2 nitrogen and oxygen atoms in total. The Hall–Kier alpha value is -1.01. The highest BCUT2D eigenvalue weighted by Gasteiger charge is 2.25. The summed E-state index contributed by atoms with van der Waals surface area (Å²) in [6.45, 7) is 2.02. The van der Waals surface area contributed by atoms with E-state index in [1.54, 1.807) is 0 Å². The molecular weight excluding hydrogens is 254 g/mol. The molecule has 3 heteroatoms. The van der Waals surface area contributed by atoms with E-state index in [2.05, 4.69) is 22.0 Å². The molecule has 15 heavy (non-hydrogen) atoms. The number of nitrogens with zero attached hydrogens (tertiary/aromatic N) is 1. The van der Waals surface area contributed by atoms with Crippen molar-refractivity contribution >= 4 is 15.9 Å². The maximum Gasteiger partial charge on any atom is 0.138 e. The molecule has 0 spiro atoms. The van der Waals surface area contributed by atoms with Crippen LogP contribution in [0, 0.1) is 18.3 Å². The topological polar surface area (TPSA) is 33.0 Å². The second-order valence-electron chi connectivity index (χ2n) is 3.89. The van der Waals surface area contributed by atoms with E-state index in [1.807, 2.05) is 19.1 Å². The minimum atomic E-state index is 0.362. The van der Waals surface area contributed by atoms with Gasteiger partial charge in [0.1, 0.15) is 5.75 Å². The van der Waals surface area contributed by atoms with Gasteiger partial charge in [-0.2, -0.15) is 5.26 Å². The third kappa shape index (κ3) is 2.51. The van der Waals surface area contributed by atoms with Crippen LogP contribution in [0.2, 0.25) is 0 Å². The Morgan fingerprint density at radius 1 is 1.53 bits per heavy atom. The summed E-state index contributed by atoms with van der Waals surface area (Å²) in [7, 11) is 0. The van der Waals surface area contributed by atoms with Crippen LogP contribution in [0.5, 0.6) is 5.75 Å². The Morgan fingerprint density at radius 2 is 2.27 bits per heavy atom. The first-order valence-electron chi connectivity index (χ1n) is 5.03. The van der Waals surface area contributed by atoms with Crippen LogP contribution in [-0.4, -0.2) is 6.10 Å². The van der Waals surface area contributed by atoms with Gasteiger partial charge in [0, 0.05) is 5.56 Å². The highest BCUT2D eigenvalue weighted by atomic mass is 79.9. The lowest BCUT2D eigenvalue weighted by Gasteiger charge is -2.12. The molecule has 2 rings (SSSR count). The van der Waals surface area contributed by atoms with E-state index in [4.69, 9.17) is 10.00 Å². The van der Waals surface area contributed by atoms with Crippen molar-refractivity contribution in [2.24, 2.45) is 0 Å². The third-order valence-corrected chi connectivity index (χ3v) is 2.93.